The number of alkyl carbamates (subject to hydrolysis) is 1. The average Bonchev–Trinajstić information content (AvgIpc) is 3.36. The Balaban J connectivity index is 1.24. The number of carbonyl (C=O) groups is 2. The number of nitrogens with one attached hydrogen (secondary N) is 1. The Morgan fingerprint density at radius 2 is 1.66 bits per heavy atom. The van der Waals surface area contributed by atoms with Crippen molar-refractivity contribution in [1.82, 2.24) is 5.32 Å². The van der Waals surface area contributed by atoms with E-state index in [2.05, 4.69) is 29.6 Å². The molecule has 0 aromatic heterocycles. The molecule has 2 aliphatic carbocycles. The summed E-state index contributed by atoms with van der Waals surface area (Å²) in [4.78, 5) is 24.4. The van der Waals surface area contributed by atoms with Gasteiger partial charge in [0.15, 0.2) is 0 Å². The van der Waals surface area contributed by atoms with Crippen molar-refractivity contribution < 1.29 is 19.4 Å². The molecule has 1 amide bonds. The van der Waals surface area contributed by atoms with Gasteiger partial charge in [-0.3, -0.25) is 0 Å². The van der Waals surface area contributed by atoms with Gasteiger partial charge in [-0.1, -0.05) is 78.4 Å². The van der Waals surface area contributed by atoms with Crippen LogP contribution in [0.5, 0.6) is 0 Å². The monoisotopic (exact) mass is 445 g/mol. The Morgan fingerprint density at radius 1 is 1.00 bits per heavy atom. The van der Waals surface area contributed by atoms with Crippen molar-refractivity contribution in [3.63, 3.8) is 0 Å². The van der Waals surface area contributed by atoms with Crippen LogP contribution in [-0.2, 0) is 9.53 Å². The third-order valence-corrected chi connectivity index (χ3v) is 7.47. The van der Waals surface area contributed by atoms with Crippen LogP contribution < -0.4 is 5.32 Å². The fraction of sp³-hybridized carbons (Fsp3) is 0.231. The molecule has 1 aliphatic heterocycles. The van der Waals surface area contributed by atoms with E-state index in [-0.39, 0.29) is 24.9 Å². The first-order valence-corrected chi connectivity index (χ1v) is 11.6. The Hall–Kier alpha value is -3.25. The molecule has 0 radical (unpaired) electrons. The number of aliphatic carboxylic acids is 1. The van der Waals surface area contributed by atoms with Crippen molar-refractivity contribution in [2.45, 2.75) is 23.6 Å². The van der Waals surface area contributed by atoms with Crippen LogP contribution in [0.25, 0.3) is 11.1 Å². The summed E-state index contributed by atoms with van der Waals surface area (Å²) in [6.45, 7) is 0.156. The molecule has 2 N–H and O–H groups in total. The normalized spacial score (nSPS) is 21.3. The van der Waals surface area contributed by atoms with Crippen LogP contribution in [0.15, 0.2) is 83.8 Å². The van der Waals surface area contributed by atoms with Gasteiger partial charge in [-0.05, 0) is 27.7 Å². The van der Waals surface area contributed by atoms with E-state index in [9.17, 15) is 14.7 Å². The molecule has 0 saturated carbocycles. The maximum Gasteiger partial charge on any atom is 0.407 e. The highest BCUT2D eigenvalue weighted by molar-refractivity contribution is 8.03. The number of thioether (sulfide) groups is 1. The number of allylic oxidation sites excluding steroid dienone is 3. The van der Waals surface area contributed by atoms with Gasteiger partial charge < -0.3 is 15.2 Å². The maximum absolute atomic E-state index is 12.5. The van der Waals surface area contributed by atoms with Crippen LogP contribution in [0, 0.1) is 5.92 Å². The van der Waals surface area contributed by atoms with Crippen LogP contribution in [0.1, 0.15) is 23.5 Å². The molecule has 0 saturated heterocycles. The molecule has 0 fully saturated rings. The molecular weight excluding hydrogens is 422 g/mol. The molecule has 6 heteroatoms. The second-order valence-electron chi connectivity index (χ2n) is 8.15. The average molecular weight is 446 g/mol. The lowest BCUT2D eigenvalue weighted by molar-refractivity contribution is -0.139. The minimum Gasteiger partial charge on any atom is -0.480 e. The quantitative estimate of drug-likeness (QED) is 0.646. The zero-order valence-corrected chi connectivity index (χ0v) is 18.1. The van der Waals surface area contributed by atoms with E-state index in [1.165, 1.54) is 0 Å². The van der Waals surface area contributed by atoms with Crippen molar-refractivity contribution >= 4 is 23.8 Å². The summed E-state index contributed by atoms with van der Waals surface area (Å²) in [5.41, 5.74) is 5.55. The number of fused-ring (bicyclic) bond motifs is 4. The smallest absolute Gasteiger partial charge is 0.407 e. The summed E-state index contributed by atoms with van der Waals surface area (Å²) < 4.78 is 5.53. The summed E-state index contributed by atoms with van der Waals surface area (Å²) in [5.74, 6) is -0.954. The zero-order chi connectivity index (χ0) is 22.1. The molecule has 162 valence electrons. The van der Waals surface area contributed by atoms with Crippen molar-refractivity contribution in [2.75, 3.05) is 6.61 Å². The van der Waals surface area contributed by atoms with Crippen molar-refractivity contribution in [3.05, 3.63) is 94.9 Å². The number of hydrogen-bond donors (Lipinski definition) is 2. The molecule has 3 aliphatic rings. The summed E-state index contributed by atoms with van der Waals surface area (Å²) in [7, 11) is 0. The van der Waals surface area contributed by atoms with E-state index in [1.807, 2.05) is 54.0 Å². The SMILES string of the molecule is O=C(N[C@@H](CC1=CS[C@H]2C=CC=C[C@H]12)C(=O)O)OCC1c2ccccc2-c2ccccc21. The first kappa shape index (κ1) is 20.6. The van der Waals surface area contributed by atoms with E-state index < -0.39 is 18.1 Å². The van der Waals surface area contributed by atoms with Crippen LogP contribution in [-0.4, -0.2) is 35.1 Å². The minimum atomic E-state index is -1.07. The predicted octanol–water partition coefficient (Wildman–Crippen LogP) is 5.11. The highest BCUT2D eigenvalue weighted by Crippen LogP contribution is 2.44. The number of amides is 1. The van der Waals surface area contributed by atoms with E-state index in [0.29, 0.717) is 5.25 Å². The van der Waals surface area contributed by atoms with E-state index in [1.54, 1.807) is 11.8 Å². The number of carboxylic acid groups (broad SMARTS) is 1. The molecule has 5 rings (SSSR count). The molecule has 5 nitrogen and oxygen atoms in total. The van der Waals surface area contributed by atoms with E-state index in [0.717, 1.165) is 27.8 Å². The van der Waals surface area contributed by atoms with Crippen molar-refractivity contribution in [2.24, 2.45) is 5.92 Å². The number of hydrogen-bond acceptors (Lipinski definition) is 4. The Morgan fingerprint density at radius 3 is 2.34 bits per heavy atom. The zero-order valence-electron chi connectivity index (χ0n) is 17.3. The third-order valence-electron chi connectivity index (χ3n) is 6.26. The largest absolute Gasteiger partial charge is 0.480 e. The molecule has 1 heterocycles. The standard InChI is InChI=1S/C26H23NO4S/c28-25(29)23(13-16-15-32-24-12-6-5-7-17(16)24)27-26(30)31-14-22-20-10-3-1-8-18(20)19-9-2-4-11-21(19)22/h1-12,15,17,22-24H,13-14H2,(H,27,30)(H,28,29)/t17-,23+,24+/m1/s1. The lowest BCUT2D eigenvalue weighted by atomic mass is 9.89. The highest BCUT2D eigenvalue weighted by atomic mass is 32.2. The molecule has 2 aromatic carbocycles. The van der Waals surface area contributed by atoms with Gasteiger partial charge in [0.2, 0.25) is 0 Å². The van der Waals surface area contributed by atoms with E-state index in [4.69, 9.17) is 4.74 Å². The van der Waals surface area contributed by atoms with Gasteiger partial charge in [0, 0.05) is 23.5 Å². The van der Waals surface area contributed by atoms with Gasteiger partial charge in [0.25, 0.3) is 0 Å². The number of carbonyl (C=O) groups excluding carboxylic acids is 1. The Labute approximate surface area is 190 Å². The summed E-state index contributed by atoms with van der Waals surface area (Å²) >= 11 is 1.68. The van der Waals surface area contributed by atoms with Crippen molar-refractivity contribution in [1.29, 1.82) is 0 Å². The lowest BCUT2D eigenvalue weighted by Gasteiger charge is -2.21. The second-order valence-corrected chi connectivity index (χ2v) is 9.21. The summed E-state index contributed by atoms with van der Waals surface area (Å²) in [6.07, 6.45) is 7.74. The second kappa shape index (κ2) is 8.71. The van der Waals surface area contributed by atoms with Gasteiger partial charge in [0.05, 0.1) is 0 Å². The Kier molecular flexibility index (Phi) is 5.62. The van der Waals surface area contributed by atoms with Crippen molar-refractivity contribution in [3.8, 4) is 11.1 Å². The Bertz CT molecular complexity index is 1110. The van der Waals surface area contributed by atoms with Gasteiger partial charge >= 0.3 is 12.1 Å². The third kappa shape index (κ3) is 3.86. The molecule has 0 bridgehead atoms. The maximum atomic E-state index is 12.5. The summed E-state index contributed by atoms with van der Waals surface area (Å²) in [6, 6.07) is 15.2. The number of carboxylic acids is 1. The number of benzene rings is 2. The van der Waals surface area contributed by atoms with Gasteiger partial charge in [0.1, 0.15) is 12.6 Å². The number of rotatable bonds is 6. The fourth-order valence-electron chi connectivity index (χ4n) is 4.70. The topological polar surface area (TPSA) is 75.6 Å². The fourth-order valence-corrected chi connectivity index (χ4v) is 5.90. The lowest BCUT2D eigenvalue weighted by Crippen LogP contribution is -2.42. The first-order valence-electron chi connectivity index (χ1n) is 10.7. The summed E-state index contributed by atoms with van der Waals surface area (Å²) in [5, 5.41) is 14.6. The van der Waals surface area contributed by atoms with Crippen LogP contribution in [0.2, 0.25) is 0 Å². The first-order chi connectivity index (χ1) is 15.6. The van der Waals surface area contributed by atoms with Gasteiger partial charge in [-0.2, -0.15) is 0 Å². The molecule has 2 aromatic rings. The molecule has 0 spiro atoms. The van der Waals surface area contributed by atoms with Gasteiger partial charge in [-0.15, -0.1) is 11.8 Å². The molecule has 0 unspecified atom stereocenters. The molecule has 3 atom stereocenters. The minimum absolute atomic E-state index is 0.0645. The predicted molar refractivity (Wildman–Crippen MR) is 125 cm³/mol. The highest BCUT2D eigenvalue weighted by Gasteiger charge is 2.33. The van der Waals surface area contributed by atoms with Crippen LogP contribution in [0.3, 0.4) is 0 Å². The van der Waals surface area contributed by atoms with Crippen LogP contribution >= 0.6 is 11.8 Å². The van der Waals surface area contributed by atoms with Crippen LogP contribution in [0.4, 0.5) is 4.79 Å². The van der Waals surface area contributed by atoms with E-state index >= 15 is 0 Å². The molecular formula is C26H23NO4S. The number of ether oxygens (including phenoxy) is 1. The van der Waals surface area contributed by atoms with Gasteiger partial charge in [-0.25, -0.2) is 9.59 Å². The molecule has 32 heavy (non-hydrogen) atoms.